The largest absolute Gasteiger partial charge is 0.496 e. The minimum Gasteiger partial charge on any atom is -0.496 e. The van der Waals surface area contributed by atoms with Crippen LogP contribution in [0.15, 0.2) is 36.4 Å². The molecule has 0 aliphatic heterocycles. The first-order valence-electron chi connectivity index (χ1n) is 6.40. The molecule has 2 aromatic carbocycles. The molecule has 0 radical (unpaired) electrons. The average Bonchev–Trinajstić information content (AvgIpc) is 2.40. The van der Waals surface area contributed by atoms with E-state index in [0.29, 0.717) is 0 Å². The monoisotopic (exact) mass is 240 g/mol. The Morgan fingerprint density at radius 3 is 2.11 bits per heavy atom. The van der Waals surface area contributed by atoms with Gasteiger partial charge < -0.3 is 4.74 Å². The lowest BCUT2D eigenvalue weighted by atomic mass is 9.97. The van der Waals surface area contributed by atoms with Crippen molar-refractivity contribution in [1.82, 2.24) is 0 Å². The summed E-state index contributed by atoms with van der Waals surface area (Å²) in [6.45, 7) is 6.43. The van der Waals surface area contributed by atoms with Gasteiger partial charge in [0, 0.05) is 0 Å². The van der Waals surface area contributed by atoms with Crippen molar-refractivity contribution in [3.05, 3.63) is 53.1 Å². The highest BCUT2D eigenvalue weighted by Gasteiger charge is 2.04. The number of ether oxygens (including phenoxy) is 1. The summed E-state index contributed by atoms with van der Waals surface area (Å²) < 4.78 is 5.39. The Bertz CT molecular complexity index is 504. The van der Waals surface area contributed by atoms with Crippen LogP contribution in [0.1, 0.15) is 23.6 Å². The average molecular weight is 240 g/mol. The number of hydrogen-bond donors (Lipinski definition) is 0. The number of methoxy groups -OCH3 is 1. The van der Waals surface area contributed by atoms with Crippen molar-refractivity contribution in [3.8, 4) is 16.9 Å². The topological polar surface area (TPSA) is 9.23 Å². The zero-order valence-electron chi connectivity index (χ0n) is 11.6. The Morgan fingerprint density at radius 2 is 1.50 bits per heavy atom. The predicted octanol–water partition coefficient (Wildman–Crippen LogP) is 4.54. The lowest BCUT2D eigenvalue weighted by Crippen LogP contribution is -1.90. The molecule has 94 valence electrons. The van der Waals surface area contributed by atoms with Crippen LogP contribution < -0.4 is 4.74 Å². The summed E-state index contributed by atoms with van der Waals surface area (Å²) in [5.41, 5.74) is 6.42. The van der Waals surface area contributed by atoms with Gasteiger partial charge in [-0.2, -0.15) is 0 Å². The molecule has 0 fully saturated rings. The molecule has 0 unspecified atom stereocenters. The molecule has 0 saturated heterocycles. The molecule has 2 rings (SSSR count). The molecule has 18 heavy (non-hydrogen) atoms. The molecule has 2 aromatic rings. The second-order valence-corrected chi connectivity index (χ2v) is 4.68. The van der Waals surface area contributed by atoms with E-state index in [0.717, 1.165) is 12.2 Å². The fraction of sp³-hybridized carbons (Fsp3) is 0.294. The zero-order chi connectivity index (χ0) is 13.1. The number of hydrogen-bond acceptors (Lipinski definition) is 1. The van der Waals surface area contributed by atoms with Crippen LogP contribution in [0.3, 0.4) is 0 Å². The van der Waals surface area contributed by atoms with Crippen molar-refractivity contribution in [3.63, 3.8) is 0 Å². The maximum atomic E-state index is 5.39. The summed E-state index contributed by atoms with van der Waals surface area (Å²) in [5, 5.41) is 0. The second kappa shape index (κ2) is 5.26. The molecule has 0 bridgehead atoms. The van der Waals surface area contributed by atoms with E-state index in [4.69, 9.17) is 4.74 Å². The summed E-state index contributed by atoms with van der Waals surface area (Å²) in [6, 6.07) is 13.0. The van der Waals surface area contributed by atoms with Crippen molar-refractivity contribution in [2.45, 2.75) is 27.2 Å². The van der Waals surface area contributed by atoms with Gasteiger partial charge >= 0.3 is 0 Å². The summed E-state index contributed by atoms with van der Waals surface area (Å²) in [6.07, 6.45) is 1.07. The van der Waals surface area contributed by atoms with E-state index < -0.39 is 0 Å². The molecule has 0 aliphatic rings. The minimum atomic E-state index is 0.950. The van der Waals surface area contributed by atoms with Crippen molar-refractivity contribution in [2.24, 2.45) is 0 Å². The fourth-order valence-electron chi connectivity index (χ4n) is 2.23. The van der Waals surface area contributed by atoms with Gasteiger partial charge in [-0.3, -0.25) is 0 Å². The van der Waals surface area contributed by atoms with Crippen LogP contribution in [0.4, 0.5) is 0 Å². The Balaban J connectivity index is 2.48. The normalized spacial score (nSPS) is 10.4. The Hall–Kier alpha value is -1.76. The van der Waals surface area contributed by atoms with Gasteiger partial charge in [0.1, 0.15) is 5.75 Å². The molecule has 1 heteroatoms. The lowest BCUT2D eigenvalue weighted by Gasteiger charge is -2.10. The first kappa shape index (κ1) is 12.7. The van der Waals surface area contributed by atoms with Crippen molar-refractivity contribution in [1.29, 1.82) is 0 Å². The molecule has 0 amide bonds. The van der Waals surface area contributed by atoms with E-state index >= 15 is 0 Å². The van der Waals surface area contributed by atoms with Crippen LogP contribution in [0.2, 0.25) is 0 Å². The predicted molar refractivity (Wildman–Crippen MR) is 77.3 cm³/mol. The molecule has 0 aliphatic carbocycles. The highest BCUT2D eigenvalue weighted by molar-refractivity contribution is 5.67. The van der Waals surface area contributed by atoms with E-state index in [9.17, 15) is 0 Å². The van der Waals surface area contributed by atoms with E-state index in [2.05, 4.69) is 57.2 Å². The molecule has 0 spiro atoms. The molecule has 0 saturated carbocycles. The summed E-state index contributed by atoms with van der Waals surface area (Å²) in [4.78, 5) is 0. The van der Waals surface area contributed by atoms with Crippen molar-refractivity contribution < 1.29 is 4.74 Å². The quantitative estimate of drug-likeness (QED) is 0.765. The van der Waals surface area contributed by atoms with Crippen LogP contribution >= 0.6 is 0 Å². The lowest BCUT2D eigenvalue weighted by molar-refractivity contribution is 0.412. The molecular formula is C17H20O. The van der Waals surface area contributed by atoms with Gasteiger partial charge in [0.15, 0.2) is 0 Å². The first-order valence-corrected chi connectivity index (χ1v) is 6.40. The standard InChI is InChI=1S/C17H20O/c1-5-14-10-15(8-6-12(14)2)16-9-7-13(3)17(11-16)18-4/h6-11H,5H2,1-4H3. The van der Waals surface area contributed by atoms with Gasteiger partial charge in [0.05, 0.1) is 7.11 Å². The third-order valence-electron chi connectivity index (χ3n) is 3.47. The van der Waals surface area contributed by atoms with Gasteiger partial charge in [-0.25, -0.2) is 0 Å². The van der Waals surface area contributed by atoms with Crippen molar-refractivity contribution >= 4 is 0 Å². The number of aryl methyl sites for hydroxylation is 3. The van der Waals surface area contributed by atoms with E-state index in [1.54, 1.807) is 7.11 Å². The number of benzene rings is 2. The maximum Gasteiger partial charge on any atom is 0.122 e. The molecular weight excluding hydrogens is 220 g/mol. The minimum absolute atomic E-state index is 0.950. The Kier molecular flexibility index (Phi) is 3.71. The van der Waals surface area contributed by atoms with Crippen molar-refractivity contribution in [2.75, 3.05) is 7.11 Å². The Morgan fingerprint density at radius 1 is 0.889 bits per heavy atom. The van der Waals surface area contributed by atoms with Crippen LogP contribution in [0.25, 0.3) is 11.1 Å². The third kappa shape index (κ3) is 2.40. The Labute approximate surface area is 109 Å². The third-order valence-corrected chi connectivity index (χ3v) is 3.47. The van der Waals surface area contributed by atoms with Crippen LogP contribution in [-0.2, 0) is 6.42 Å². The summed E-state index contributed by atoms with van der Waals surface area (Å²) in [7, 11) is 1.72. The fourth-order valence-corrected chi connectivity index (χ4v) is 2.23. The molecule has 0 aromatic heterocycles. The first-order chi connectivity index (χ1) is 8.65. The van der Waals surface area contributed by atoms with E-state index in [1.807, 2.05) is 0 Å². The molecule has 0 heterocycles. The summed E-state index contributed by atoms with van der Waals surface area (Å²) >= 11 is 0. The molecule has 1 nitrogen and oxygen atoms in total. The zero-order valence-corrected chi connectivity index (χ0v) is 11.6. The van der Waals surface area contributed by atoms with Gasteiger partial charge in [-0.1, -0.05) is 37.3 Å². The van der Waals surface area contributed by atoms with Gasteiger partial charge in [0.25, 0.3) is 0 Å². The summed E-state index contributed by atoms with van der Waals surface area (Å²) in [5.74, 6) is 0.950. The highest BCUT2D eigenvalue weighted by Crippen LogP contribution is 2.28. The van der Waals surface area contributed by atoms with Crippen LogP contribution in [0.5, 0.6) is 5.75 Å². The molecule has 0 atom stereocenters. The van der Waals surface area contributed by atoms with Gasteiger partial charge in [-0.05, 0) is 54.2 Å². The van der Waals surface area contributed by atoms with Crippen LogP contribution in [-0.4, -0.2) is 7.11 Å². The number of rotatable bonds is 3. The van der Waals surface area contributed by atoms with Gasteiger partial charge in [-0.15, -0.1) is 0 Å². The highest BCUT2D eigenvalue weighted by atomic mass is 16.5. The van der Waals surface area contributed by atoms with E-state index in [1.165, 1.54) is 27.8 Å². The van der Waals surface area contributed by atoms with E-state index in [-0.39, 0.29) is 0 Å². The molecule has 0 N–H and O–H groups in total. The van der Waals surface area contributed by atoms with Crippen LogP contribution in [0, 0.1) is 13.8 Å². The van der Waals surface area contributed by atoms with Gasteiger partial charge in [0.2, 0.25) is 0 Å². The maximum absolute atomic E-state index is 5.39. The second-order valence-electron chi connectivity index (χ2n) is 4.68. The smallest absolute Gasteiger partial charge is 0.122 e. The SMILES string of the molecule is CCc1cc(-c2ccc(C)c(OC)c2)ccc1C.